The molecule has 2 aliphatic rings. The minimum Gasteiger partial charge on any atom is -0.493 e. The van der Waals surface area contributed by atoms with E-state index in [-0.39, 0.29) is 22.8 Å². The monoisotopic (exact) mass is 429 g/mol. The van der Waals surface area contributed by atoms with Gasteiger partial charge in [-0.15, -0.1) is 0 Å². The lowest BCUT2D eigenvalue weighted by Crippen LogP contribution is -2.24. The first-order chi connectivity index (χ1) is 14.3. The Kier molecular flexibility index (Phi) is 5.73. The SMILES string of the molecule is COc1ccc([C@@H]2CC(=O)N(c3ccc(S(C)(=O)=O)cc3)C2)cc1OC1CCCC1. The molecule has 1 saturated carbocycles. The number of hydrogen-bond donors (Lipinski definition) is 0. The molecule has 0 aromatic heterocycles. The van der Waals surface area contributed by atoms with Crippen LogP contribution in [0.25, 0.3) is 0 Å². The van der Waals surface area contributed by atoms with Gasteiger partial charge in [0.1, 0.15) is 0 Å². The number of sulfone groups is 1. The summed E-state index contributed by atoms with van der Waals surface area (Å²) in [7, 11) is -1.62. The zero-order chi connectivity index (χ0) is 21.3. The fourth-order valence-electron chi connectivity index (χ4n) is 4.28. The third-order valence-corrected chi connectivity index (χ3v) is 7.08. The van der Waals surface area contributed by atoms with Crippen molar-refractivity contribution in [1.29, 1.82) is 0 Å². The lowest BCUT2D eigenvalue weighted by atomic mass is 9.98. The number of amides is 1. The molecule has 2 aromatic carbocycles. The van der Waals surface area contributed by atoms with E-state index < -0.39 is 9.84 Å². The van der Waals surface area contributed by atoms with E-state index in [4.69, 9.17) is 9.47 Å². The molecule has 0 unspecified atom stereocenters. The molecule has 0 bridgehead atoms. The van der Waals surface area contributed by atoms with Crippen LogP contribution >= 0.6 is 0 Å². The van der Waals surface area contributed by atoms with Gasteiger partial charge in [-0.3, -0.25) is 4.79 Å². The Labute approximate surface area is 177 Å². The van der Waals surface area contributed by atoms with Crippen LogP contribution < -0.4 is 14.4 Å². The Morgan fingerprint density at radius 1 is 1.00 bits per heavy atom. The molecule has 160 valence electrons. The highest BCUT2D eigenvalue weighted by Crippen LogP contribution is 2.38. The molecule has 7 heteroatoms. The van der Waals surface area contributed by atoms with E-state index in [0.29, 0.717) is 24.4 Å². The summed E-state index contributed by atoms with van der Waals surface area (Å²) in [5.41, 5.74) is 1.76. The predicted octanol–water partition coefficient (Wildman–Crippen LogP) is 3.94. The molecule has 6 nitrogen and oxygen atoms in total. The van der Waals surface area contributed by atoms with Crippen LogP contribution in [0.5, 0.6) is 11.5 Å². The van der Waals surface area contributed by atoms with Gasteiger partial charge in [0, 0.05) is 30.8 Å². The second kappa shape index (κ2) is 8.30. The Balaban J connectivity index is 1.53. The quantitative estimate of drug-likeness (QED) is 0.695. The smallest absolute Gasteiger partial charge is 0.227 e. The Bertz CT molecular complexity index is 1030. The Hall–Kier alpha value is -2.54. The van der Waals surface area contributed by atoms with Crippen LogP contribution in [0.15, 0.2) is 47.4 Å². The summed E-state index contributed by atoms with van der Waals surface area (Å²) in [5.74, 6) is 1.53. The molecular formula is C23H27NO5S. The average Bonchev–Trinajstić information content (AvgIpc) is 3.37. The maximum atomic E-state index is 12.7. The maximum absolute atomic E-state index is 12.7. The summed E-state index contributed by atoms with van der Waals surface area (Å²) >= 11 is 0. The summed E-state index contributed by atoms with van der Waals surface area (Å²) in [6.45, 7) is 0.548. The molecule has 0 spiro atoms. The van der Waals surface area contributed by atoms with E-state index in [0.717, 1.165) is 24.2 Å². The van der Waals surface area contributed by atoms with Crippen LogP contribution in [0, 0.1) is 0 Å². The van der Waals surface area contributed by atoms with Crippen LogP contribution in [-0.2, 0) is 14.6 Å². The molecule has 2 fully saturated rings. The molecular weight excluding hydrogens is 402 g/mol. The second-order valence-corrected chi connectivity index (χ2v) is 10.1. The van der Waals surface area contributed by atoms with Gasteiger partial charge >= 0.3 is 0 Å². The number of methoxy groups -OCH3 is 1. The number of nitrogens with zero attached hydrogens (tertiary/aromatic N) is 1. The molecule has 0 N–H and O–H groups in total. The van der Waals surface area contributed by atoms with Crippen LogP contribution in [0.1, 0.15) is 43.6 Å². The van der Waals surface area contributed by atoms with E-state index in [2.05, 4.69) is 0 Å². The average molecular weight is 430 g/mol. The van der Waals surface area contributed by atoms with Crippen LogP contribution in [0.4, 0.5) is 5.69 Å². The molecule has 1 aliphatic carbocycles. The Morgan fingerprint density at radius 3 is 2.33 bits per heavy atom. The highest BCUT2D eigenvalue weighted by molar-refractivity contribution is 7.90. The summed E-state index contributed by atoms with van der Waals surface area (Å²) < 4.78 is 35.0. The van der Waals surface area contributed by atoms with Crippen molar-refractivity contribution < 1.29 is 22.7 Å². The van der Waals surface area contributed by atoms with Crippen molar-refractivity contribution in [3.63, 3.8) is 0 Å². The van der Waals surface area contributed by atoms with Gasteiger partial charge in [-0.05, 0) is 67.6 Å². The van der Waals surface area contributed by atoms with Gasteiger partial charge < -0.3 is 14.4 Å². The summed E-state index contributed by atoms with van der Waals surface area (Å²) in [6.07, 6.45) is 6.31. The molecule has 1 heterocycles. The highest BCUT2D eigenvalue weighted by atomic mass is 32.2. The first kappa shape index (κ1) is 20.7. The zero-order valence-electron chi connectivity index (χ0n) is 17.3. The number of carbonyl (C=O) groups is 1. The predicted molar refractivity (Wildman–Crippen MR) is 115 cm³/mol. The minimum absolute atomic E-state index is 0.0289. The number of carbonyl (C=O) groups excluding carboxylic acids is 1. The van der Waals surface area contributed by atoms with Gasteiger partial charge in [0.25, 0.3) is 0 Å². The van der Waals surface area contributed by atoms with Gasteiger partial charge in [0.05, 0.1) is 18.1 Å². The number of hydrogen-bond acceptors (Lipinski definition) is 5. The van der Waals surface area contributed by atoms with Gasteiger partial charge in [-0.25, -0.2) is 8.42 Å². The number of anilines is 1. The largest absolute Gasteiger partial charge is 0.493 e. The first-order valence-corrected chi connectivity index (χ1v) is 12.2. The third kappa shape index (κ3) is 4.31. The summed E-state index contributed by atoms with van der Waals surface area (Å²) in [6, 6.07) is 12.4. The lowest BCUT2D eigenvalue weighted by Gasteiger charge is -2.19. The van der Waals surface area contributed by atoms with E-state index >= 15 is 0 Å². The van der Waals surface area contributed by atoms with Crippen molar-refractivity contribution >= 4 is 21.4 Å². The second-order valence-electron chi connectivity index (χ2n) is 8.11. The van der Waals surface area contributed by atoms with Crippen LogP contribution in [-0.4, -0.2) is 40.3 Å². The molecule has 1 atom stereocenters. The molecule has 4 rings (SSSR count). The van der Waals surface area contributed by atoms with Crippen molar-refractivity contribution in [2.24, 2.45) is 0 Å². The van der Waals surface area contributed by atoms with Crippen molar-refractivity contribution in [2.45, 2.75) is 49.0 Å². The van der Waals surface area contributed by atoms with Crippen molar-refractivity contribution in [3.05, 3.63) is 48.0 Å². The fourth-order valence-corrected chi connectivity index (χ4v) is 4.91. The molecule has 1 aliphatic heterocycles. The van der Waals surface area contributed by atoms with E-state index in [1.54, 1.807) is 36.3 Å². The van der Waals surface area contributed by atoms with Crippen LogP contribution in [0.2, 0.25) is 0 Å². The molecule has 1 amide bonds. The van der Waals surface area contributed by atoms with Crippen molar-refractivity contribution in [3.8, 4) is 11.5 Å². The van der Waals surface area contributed by atoms with E-state index in [9.17, 15) is 13.2 Å². The van der Waals surface area contributed by atoms with Crippen molar-refractivity contribution in [2.75, 3.05) is 24.8 Å². The van der Waals surface area contributed by atoms with Crippen molar-refractivity contribution in [1.82, 2.24) is 0 Å². The third-order valence-electron chi connectivity index (χ3n) is 5.96. The lowest BCUT2D eigenvalue weighted by molar-refractivity contribution is -0.117. The van der Waals surface area contributed by atoms with E-state index in [1.807, 2.05) is 18.2 Å². The maximum Gasteiger partial charge on any atom is 0.227 e. The highest BCUT2D eigenvalue weighted by Gasteiger charge is 2.32. The minimum atomic E-state index is -3.26. The topological polar surface area (TPSA) is 72.9 Å². The van der Waals surface area contributed by atoms with Gasteiger partial charge in [-0.1, -0.05) is 6.07 Å². The fraction of sp³-hybridized carbons (Fsp3) is 0.435. The number of ether oxygens (including phenoxy) is 2. The zero-order valence-corrected chi connectivity index (χ0v) is 18.2. The number of rotatable bonds is 6. The van der Waals surface area contributed by atoms with Gasteiger partial charge in [0.2, 0.25) is 5.91 Å². The molecule has 30 heavy (non-hydrogen) atoms. The Morgan fingerprint density at radius 2 is 1.70 bits per heavy atom. The molecule has 2 aromatic rings. The first-order valence-electron chi connectivity index (χ1n) is 10.3. The molecule has 1 saturated heterocycles. The van der Waals surface area contributed by atoms with Crippen LogP contribution in [0.3, 0.4) is 0 Å². The standard InChI is InChI=1S/C23H27NO5S/c1-28-21-12-7-16(13-22(21)29-19-5-3-4-6-19)17-14-23(25)24(15-17)18-8-10-20(11-9-18)30(2,26)27/h7-13,17,19H,3-6,14-15H2,1-2H3/t17-/m1/s1. The molecule has 0 radical (unpaired) electrons. The van der Waals surface area contributed by atoms with E-state index in [1.165, 1.54) is 19.1 Å². The normalized spacial score (nSPS) is 20.0. The van der Waals surface area contributed by atoms with Gasteiger partial charge in [0.15, 0.2) is 21.3 Å². The summed E-state index contributed by atoms with van der Waals surface area (Å²) in [5, 5.41) is 0. The number of benzene rings is 2. The van der Waals surface area contributed by atoms with Gasteiger partial charge in [-0.2, -0.15) is 0 Å². The summed E-state index contributed by atoms with van der Waals surface area (Å²) in [4.78, 5) is 14.6.